The van der Waals surface area contributed by atoms with Gasteiger partial charge in [-0.2, -0.15) is 0 Å². The van der Waals surface area contributed by atoms with Crippen molar-refractivity contribution in [2.75, 3.05) is 0 Å². The molecule has 0 radical (unpaired) electrons. The van der Waals surface area contributed by atoms with E-state index in [9.17, 15) is 0 Å². The van der Waals surface area contributed by atoms with Gasteiger partial charge in [-0.1, -0.05) is 90.0 Å². The molecule has 2 aliphatic heterocycles. The molecule has 1 aromatic heterocycles. The van der Waals surface area contributed by atoms with Crippen LogP contribution in [0.1, 0.15) is 38.9 Å². The first-order valence-electron chi connectivity index (χ1n) is 18.5. The van der Waals surface area contributed by atoms with Gasteiger partial charge in [-0.05, 0) is 162 Å². The van der Waals surface area contributed by atoms with E-state index in [-0.39, 0.29) is 6.71 Å². The highest BCUT2D eigenvalue weighted by molar-refractivity contribution is 6.99. The van der Waals surface area contributed by atoms with Crippen molar-refractivity contribution in [3.63, 3.8) is 0 Å². The van der Waals surface area contributed by atoms with Gasteiger partial charge >= 0.3 is 0 Å². The summed E-state index contributed by atoms with van der Waals surface area (Å²) in [5.41, 5.74) is 24.2. The number of nitrogens with zero attached hydrogens (tertiary/aromatic N) is 1. The number of fused-ring (bicyclic) bond motifs is 7. The minimum absolute atomic E-state index is 0.0329. The Morgan fingerprint density at radius 2 is 1.08 bits per heavy atom. The molecule has 3 heteroatoms. The Kier molecular flexibility index (Phi) is 6.61. The molecule has 0 saturated heterocycles. The topological polar surface area (TPSA) is 14.2 Å². The fourth-order valence-corrected chi connectivity index (χ4v) is 9.79. The van der Waals surface area contributed by atoms with E-state index in [0.29, 0.717) is 0 Å². The van der Waals surface area contributed by atoms with Crippen molar-refractivity contribution >= 4 is 44.9 Å². The Balaban J connectivity index is 1.32. The zero-order valence-corrected chi connectivity index (χ0v) is 30.9. The Bertz CT molecular complexity index is 2790. The van der Waals surface area contributed by atoms with Crippen LogP contribution in [0.3, 0.4) is 0 Å². The van der Waals surface area contributed by atoms with Gasteiger partial charge in [-0.25, -0.2) is 0 Å². The van der Waals surface area contributed by atoms with Crippen LogP contribution in [-0.4, -0.2) is 11.3 Å². The summed E-state index contributed by atoms with van der Waals surface area (Å²) in [6.45, 7) is 15.6. The van der Waals surface area contributed by atoms with Gasteiger partial charge in [-0.15, -0.1) is 0 Å². The first kappa shape index (κ1) is 31.0. The molecule has 10 rings (SSSR count). The summed E-state index contributed by atoms with van der Waals surface area (Å²) < 4.78 is 9.47. The van der Waals surface area contributed by atoms with Gasteiger partial charge in [0.2, 0.25) is 0 Å². The molecule has 0 amide bonds. The lowest BCUT2D eigenvalue weighted by molar-refractivity contribution is 0.487. The summed E-state index contributed by atoms with van der Waals surface area (Å²) in [5, 5.41) is 2.58. The number of benzene rings is 7. The molecular weight excluding hydrogens is 629 g/mol. The third kappa shape index (κ3) is 4.45. The van der Waals surface area contributed by atoms with Crippen LogP contribution in [0, 0.1) is 48.5 Å². The Hall–Kier alpha value is -5.80. The van der Waals surface area contributed by atoms with Crippen molar-refractivity contribution in [2.45, 2.75) is 48.5 Å². The largest absolute Gasteiger partial charge is 0.458 e. The second-order valence-corrected chi connectivity index (χ2v) is 15.4. The van der Waals surface area contributed by atoms with Crippen LogP contribution >= 0.6 is 0 Å². The SMILES string of the molecule is Cc1cc(C)c(-c2ccc3c(c2)c2cc(-c4c(C)cc(C)cc4C)cc4c2n3-c2cc(C)cc3c2B4c2ccc(-c4ccccc4)cc2O3)c(C)c1. The number of hydrogen-bond donors (Lipinski definition) is 0. The highest BCUT2D eigenvalue weighted by Crippen LogP contribution is 2.42. The van der Waals surface area contributed by atoms with E-state index in [4.69, 9.17) is 4.74 Å². The fourth-order valence-electron chi connectivity index (χ4n) is 9.79. The third-order valence-electron chi connectivity index (χ3n) is 11.6. The van der Waals surface area contributed by atoms with Crippen LogP contribution in [0.4, 0.5) is 0 Å². The van der Waals surface area contributed by atoms with Crippen molar-refractivity contribution in [3.05, 3.63) is 154 Å². The monoisotopic (exact) mass is 669 g/mol. The first-order chi connectivity index (χ1) is 25.1. The van der Waals surface area contributed by atoms with E-state index < -0.39 is 0 Å². The smallest absolute Gasteiger partial charge is 0.256 e. The molecule has 0 spiro atoms. The zero-order chi connectivity index (χ0) is 35.6. The van der Waals surface area contributed by atoms with Gasteiger partial charge in [0, 0.05) is 22.0 Å². The van der Waals surface area contributed by atoms with Crippen LogP contribution < -0.4 is 21.1 Å². The standard InChI is InChI=1S/C49H40BNO/c1-27-17-30(4)46(31(5)18-27)36-14-16-42-38(23-36)39-24-37(47-32(6)19-28(2)20-33(47)7)25-41-49(39)51(42)43-21-29(3)22-45-48(43)50(41)40-15-13-35(26-44(40)52-45)34-11-9-8-10-12-34/h8-26H,1-7H3. The number of aromatic nitrogens is 1. The maximum Gasteiger partial charge on any atom is 0.256 e. The summed E-state index contributed by atoms with van der Waals surface area (Å²) in [6, 6.07) is 43.4. The molecule has 0 N–H and O–H groups in total. The van der Waals surface area contributed by atoms with Gasteiger partial charge in [0.1, 0.15) is 11.5 Å². The molecule has 0 bridgehead atoms. The lowest BCUT2D eigenvalue weighted by Crippen LogP contribution is -2.58. The summed E-state index contributed by atoms with van der Waals surface area (Å²) in [6.07, 6.45) is 0. The number of aryl methyl sites for hydroxylation is 7. The van der Waals surface area contributed by atoms with Gasteiger partial charge in [0.25, 0.3) is 6.71 Å². The predicted molar refractivity (Wildman–Crippen MR) is 221 cm³/mol. The van der Waals surface area contributed by atoms with Gasteiger partial charge in [0.15, 0.2) is 0 Å². The summed E-state index contributed by atoms with van der Waals surface area (Å²) in [4.78, 5) is 0. The average Bonchev–Trinajstić information content (AvgIpc) is 3.43. The minimum atomic E-state index is 0.0329. The molecule has 7 aromatic carbocycles. The fraction of sp³-hybridized carbons (Fsp3) is 0.143. The maximum absolute atomic E-state index is 6.93. The highest BCUT2D eigenvalue weighted by Gasteiger charge is 2.41. The molecule has 52 heavy (non-hydrogen) atoms. The van der Waals surface area contributed by atoms with Gasteiger partial charge in [0.05, 0.1) is 5.52 Å². The van der Waals surface area contributed by atoms with Crippen molar-refractivity contribution in [1.29, 1.82) is 0 Å². The predicted octanol–water partition coefficient (Wildman–Crippen LogP) is 10.9. The van der Waals surface area contributed by atoms with Crippen LogP contribution in [0.5, 0.6) is 11.5 Å². The van der Waals surface area contributed by atoms with Crippen molar-refractivity contribution in [1.82, 2.24) is 4.57 Å². The molecule has 0 fully saturated rings. The molecule has 0 atom stereocenters. The molecule has 3 heterocycles. The van der Waals surface area contributed by atoms with Crippen LogP contribution in [0.25, 0.3) is 60.9 Å². The van der Waals surface area contributed by atoms with Crippen LogP contribution in [0.15, 0.2) is 115 Å². The Morgan fingerprint density at radius 1 is 0.462 bits per heavy atom. The number of hydrogen-bond acceptors (Lipinski definition) is 1. The van der Waals surface area contributed by atoms with Gasteiger partial charge < -0.3 is 9.30 Å². The van der Waals surface area contributed by atoms with Crippen LogP contribution in [0.2, 0.25) is 0 Å². The molecule has 2 nitrogen and oxygen atoms in total. The molecular formula is C49H40BNO. The van der Waals surface area contributed by atoms with E-state index in [2.05, 4.69) is 168 Å². The van der Waals surface area contributed by atoms with Crippen molar-refractivity contribution < 1.29 is 4.74 Å². The summed E-state index contributed by atoms with van der Waals surface area (Å²) in [7, 11) is 0. The number of ether oxygens (including phenoxy) is 1. The van der Waals surface area contributed by atoms with Gasteiger partial charge in [-0.3, -0.25) is 0 Å². The van der Waals surface area contributed by atoms with E-state index in [1.54, 1.807) is 0 Å². The van der Waals surface area contributed by atoms with E-state index in [1.807, 2.05) is 0 Å². The molecule has 0 aliphatic carbocycles. The maximum atomic E-state index is 6.93. The normalized spacial score (nSPS) is 12.6. The van der Waals surface area contributed by atoms with Crippen molar-refractivity contribution in [3.8, 4) is 50.6 Å². The molecule has 0 saturated carbocycles. The van der Waals surface area contributed by atoms with E-state index in [1.165, 1.54) is 116 Å². The van der Waals surface area contributed by atoms with E-state index >= 15 is 0 Å². The minimum Gasteiger partial charge on any atom is -0.458 e. The number of rotatable bonds is 3. The molecule has 8 aromatic rings. The Labute approximate surface area is 306 Å². The zero-order valence-electron chi connectivity index (χ0n) is 30.9. The summed E-state index contributed by atoms with van der Waals surface area (Å²) in [5.74, 6) is 1.89. The highest BCUT2D eigenvalue weighted by atomic mass is 16.5. The second-order valence-electron chi connectivity index (χ2n) is 15.4. The first-order valence-corrected chi connectivity index (χ1v) is 18.5. The molecule has 2 aliphatic rings. The van der Waals surface area contributed by atoms with Crippen molar-refractivity contribution in [2.24, 2.45) is 0 Å². The second kappa shape index (κ2) is 11.1. The van der Waals surface area contributed by atoms with E-state index in [0.717, 1.165) is 11.5 Å². The molecule has 250 valence electrons. The van der Waals surface area contributed by atoms with Crippen LogP contribution in [-0.2, 0) is 0 Å². The summed E-state index contributed by atoms with van der Waals surface area (Å²) >= 11 is 0. The molecule has 0 unspecified atom stereocenters. The average molecular weight is 670 g/mol. The quantitative estimate of drug-likeness (QED) is 0.171. The third-order valence-corrected chi connectivity index (χ3v) is 11.6. The lowest BCUT2D eigenvalue weighted by Gasteiger charge is -2.34. The Morgan fingerprint density at radius 3 is 1.77 bits per heavy atom. The lowest BCUT2D eigenvalue weighted by atomic mass is 9.34.